The third-order valence-corrected chi connectivity index (χ3v) is 4.30. The summed E-state index contributed by atoms with van der Waals surface area (Å²) in [6, 6.07) is 11.6. The molecule has 0 spiro atoms. The molecule has 0 aliphatic carbocycles. The second-order valence-corrected chi connectivity index (χ2v) is 6.16. The largest absolute Gasteiger partial charge is 0.493 e. The topological polar surface area (TPSA) is 89.9 Å². The molecule has 0 saturated heterocycles. The van der Waals surface area contributed by atoms with Crippen LogP contribution in [0, 0.1) is 0 Å². The maximum absolute atomic E-state index is 12.1. The molecule has 27 heavy (non-hydrogen) atoms. The molecule has 1 amide bonds. The van der Waals surface area contributed by atoms with Gasteiger partial charge in [0.25, 0.3) is 5.91 Å². The minimum atomic E-state index is -0.514. The van der Waals surface area contributed by atoms with E-state index in [0.717, 1.165) is 0 Å². The quantitative estimate of drug-likeness (QED) is 0.307. The number of benzene rings is 1. The average Bonchev–Trinajstić information content (AvgIpc) is 3.24. The molecule has 0 aliphatic rings. The Labute approximate surface area is 159 Å². The molecule has 1 aromatic carbocycles. The van der Waals surface area contributed by atoms with Crippen molar-refractivity contribution in [2.45, 2.75) is 0 Å². The summed E-state index contributed by atoms with van der Waals surface area (Å²) in [7, 11) is 1.47. The lowest BCUT2D eigenvalue weighted by Gasteiger charge is -2.09. The van der Waals surface area contributed by atoms with Gasteiger partial charge in [-0.25, -0.2) is 10.2 Å². The van der Waals surface area contributed by atoms with E-state index in [-0.39, 0.29) is 11.7 Å². The van der Waals surface area contributed by atoms with Gasteiger partial charge in [0.2, 0.25) is 0 Å². The Morgan fingerprint density at radius 1 is 1.15 bits per heavy atom. The van der Waals surface area contributed by atoms with Gasteiger partial charge in [0.15, 0.2) is 11.5 Å². The van der Waals surface area contributed by atoms with Crippen molar-refractivity contribution in [3.63, 3.8) is 0 Å². The average molecular weight is 381 g/mol. The summed E-state index contributed by atoms with van der Waals surface area (Å²) in [6.45, 7) is 0. The maximum Gasteiger partial charge on any atom is 0.343 e. The van der Waals surface area contributed by atoms with Gasteiger partial charge in [-0.3, -0.25) is 9.78 Å². The van der Waals surface area contributed by atoms with Gasteiger partial charge < -0.3 is 9.47 Å². The van der Waals surface area contributed by atoms with E-state index in [1.807, 2.05) is 5.38 Å². The molecule has 3 aromatic rings. The number of hydrogen-bond acceptors (Lipinski definition) is 7. The van der Waals surface area contributed by atoms with E-state index in [0.29, 0.717) is 21.8 Å². The number of hydrazone groups is 1. The summed E-state index contributed by atoms with van der Waals surface area (Å²) in [5, 5.41) is 5.74. The lowest BCUT2D eigenvalue weighted by molar-refractivity contribution is 0.0729. The van der Waals surface area contributed by atoms with E-state index in [2.05, 4.69) is 15.5 Å². The second-order valence-electron chi connectivity index (χ2n) is 5.21. The zero-order valence-corrected chi connectivity index (χ0v) is 15.1. The van der Waals surface area contributed by atoms with Crippen LogP contribution in [-0.2, 0) is 0 Å². The van der Waals surface area contributed by atoms with Gasteiger partial charge in [0.05, 0.1) is 23.8 Å². The molecule has 8 heteroatoms. The van der Waals surface area contributed by atoms with Crippen LogP contribution in [0.3, 0.4) is 0 Å². The minimum absolute atomic E-state index is 0.277. The zero-order valence-electron chi connectivity index (χ0n) is 14.3. The van der Waals surface area contributed by atoms with E-state index >= 15 is 0 Å². The van der Waals surface area contributed by atoms with Crippen molar-refractivity contribution in [3.05, 3.63) is 76.2 Å². The summed E-state index contributed by atoms with van der Waals surface area (Å²) < 4.78 is 10.6. The number of rotatable bonds is 6. The molecule has 0 bridgehead atoms. The monoisotopic (exact) mass is 381 g/mol. The van der Waals surface area contributed by atoms with Gasteiger partial charge in [-0.05, 0) is 47.3 Å². The molecule has 3 rings (SSSR count). The predicted octanol–water partition coefficient (Wildman–Crippen LogP) is 3.13. The molecule has 0 unspecified atom stereocenters. The first-order chi connectivity index (χ1) is 13.2. The number of esters is 1. The van der Waals surface area contributed by atoms with Crippen molar-refractivity contribution >= 4 is 29.4 Å². The number of nitrogens with one attached hydrogen (secondary N) is 1. The molecule has 0 radical (unpaired) electrons. The van der Waals surface area contributed by atoms with Gasteiger partial charge in [-0.15, -0.1) is 11.3 Å². The number of carbonyl (C=O) groups excluding carboxylic acids is 2. The molecular weight excluding hydrogens is 366 g/mol. The molecule has 0 saturated carbocycles. The highest BCUT2D eigenvalue weighted by molar-refractivity contribution is 7.12. The molecule has 0 fully saturated rings. The van der Waals surface area contributed by atoms with Crippen LogP contribution >= 0.6 is 11.3 Å². The number of hydrogen-bond donors (Lipinski definition) is 1. The predicted molar refractivity (Wildman–Crippen MR) is 102 cm³/mol. The van der Waals surface area contributed by atoms with Crippen LogP contribution in [0.5, 0.6) is 11.5 Å². The van der Waals surface area contributed by atoms with Gasteiger partial charge in [0.1, 0.15) is 0 Å². The van der Waals surface area contributed by atoms with Crippen LogP contribution < -0.4 is 14.9 Å². The van der Waals surface area contributed by atoms with Gasteiger partial charge in [-0.2, -0.15) is 5.10 Å². The van der Waals surface area contributed by atoms with Crippen LogP contribution in [0.15, 0.2) is 65.3 Å². The summed E-state index contributed by atoms with van der Waals surface area (Å²) >= 11 is 1.33. The van der Waals surface area contributed by atoms with Crippen molar-refractivity contribution < 1.29 is 19.1 Å². The fourth-order valence-electron chi connectivity index (χ4n) is 2.12. The Hall–Kier alpha value is -3.52. The molecular formula is C19H15N3O4S. The smallest absolute Gasteiger partial charge is 0.343 e. The maximum atomic E-state index is 12.1. The Kier molecular flexibility index (Phi) is 5.91. The molecule has 7 nitrogen and oxygen atoms in total. The molecule has 0 aliphatic heterocycles. The normalized spacial score (nSPS) is 10.6. The molecule has 0 atom stereocenters. The number of nitrogens with zero attached hydrogens (tertiary/aromatic N) is 2. The number of aromatic nitrogens is 1. The van der Waals surface area contributed by atoms with E-state index in [4.69, 9.17) is 9.47 Å². The second kappa shape index (κ2) is 8.72. The first-order valence-electron chi connectivity index (χ1n) is 7.84. The van der Waals surface area contributed by atoms with Crippen LogP contribution in [0.2, 0.25) is 0 Å². The minimum Gasteiger partial charge on any atom is -0.493 e. The fourth-order valence-corrected chi connectivity index (χ4v) is 2.74. The number of thiophene rings is 1. The van der Waals surface area contributed by atoms with Crippen LogP contribution in [0.4, 0.5) is 0 Å². The lowest BCUT2D eigenvalue weighted by atomic mass is 10.2. The number of pyridine rings is 1. The van der Waals surface area contributed by atoms with Crippen LogP contribution in [0.25, 0.3) is 0 Å². The highest BCUT2D eigenvalue weighted by Gasteiger charge is 2.12. The Morgan fingerprint density at radius 3 is 2.67 bits per heavy atom. The van der Waals surface area contributed by atoms with Gasteiger partial charge >= 0.3 is 5.97 Å². The Morgan fingerprint density at radius 2 is 1.96 bits per heavy atom. The van der Waals surface area contributed by atoms with E-state index in [1.54, 1.807) is 42.5 Å². The lowest BCUT2D eigenvalue weighted by Crippen LogP contribution is -2.16. The fraction of sp³-hybridized carbons (Fsp3) is 0.0526. The molecule has 1 N–H and O–H groups in total. The van der Waals surface area contributed by atoms with Crippen molar-refractivity contribution in [1.82, 2.24) is 10.4 Å². The Bertz CT molecular complexity index is 956. The van der Waals surface area contributed by atoms with Crippen molar-refractivity contribution in [3.8, 4) is 11.5 Å². The highest BCUT2D eigenvalue weighted by Crippen LogP contribution is 2.28. The number of ether oxygens (including phenoxy) is 2. The number of carbonyl (C=O) groups is 2. The zero-order chi connectivity index (χ0) is 19.1. The first-order valence-corrected chi connectivity index (χ1v) is 8.72. The van der Waals surface area contributed by atoms with Crippen LogP contribution in [0.1, 0.15) is 25.6 Å². The van der Waals surface area contributed by atoms with Gasteiger partial charge in [-0.1, -0.05) is 6.07 Å². The number of methoxy groups -OCH3 is 1. The molecule has 136 valence electrons. The van der Waals surface area contributed by atoms with E-state index < -0.39 is 5.97 Å². The van der Waals surface area contributed by atoms with Crippen molar-refractivity contribution in [1.29, 1.82) is 0 Å². The van der Waals surface area contributed by atoms with Crippen LogP contribution in [-0.4, -0.2) is 30.2 Å². The molecule has 2 heterocycles. The number of amides is 1. The first kappa shape index (κ1) is 18.3. The van der Waals surface area contributed by atoms with Crippen molar-refractivity contribution in [2.24, 2.45) is 5.10 Å². The summed E-state index contributed by atoms with van der Waals surface area (Å²) in [5.41, 5.74) is 3.50. The highest BCUT2D eigenvalue weighted by atomic mass is 32.1. The third-order valence-electron chi connectivity index (χ3n) is 3.43. The SMILES string of the molecule is COc1cc(/C=N\NC(=O)c2cccs2)ccc1OC(=O)c1ccncc1. The van der Waals surface area contributed by atoms with E-state index in [1.165, 1.54) is 37.1 Å². The standard InChI is InChI=1S/C19H15N3O4S/c1-25-16-11-13(12-21-22-18(23)17-3-2-10-27-17)4-5-15(16)26-19(24)14-6-8-20-9-7-14/h2-12H,1H3,(H,22,23)/b21-12-. The molecule has 2 aromatic heterocycles. The third kappa shape index (κ3) is 4.77. The van der Waals surface area contributed by atoms with E-state index in [9.17, 15) is 9.59 Å². The van der Waals surface area contributed by atoms with Crippen molar-refractivity contribution in [2.75, 3.05) is 7.11 Å². The summed E-state index contributed by atoms with van der Waals surface area (Å²) in [6.07, 6.45) is 4.50. The Balaban J connectivity index is 1.67. The van der Waals surface area contributed by atoms with Gasteiger partial charge in [0, 0.05) is 12.4 Å². The summed E-state index contributed by atoms with van der Waals surface area (Å²) in [4.78, 5) is 28.4. The summed E-state index contributed by atoms with van der Waals surface area (Å²) in [5.74, 6) is -0.151.